The molecule has 1 N–H and O–H groups in total. The van der Waals surface area contributed by atoms with Crippen LogP contribution in [0.1, 0.15) is 38.4 Å². The second-order valence-electron chi connectivity index (χ2n) is 3.78. The van der Waals surface area contributed by atoms with E-state index in [9.17, 15) is 0 Å². The molecule has 0 fully saturated rings. The van der Waals surface area contributed by atoms with E-state index >= 15 is 0 Å². The number of aryl methyl sites for hydroxylation is 2. The predicted molar refractivity (Wildman–Crippen MR) is 67.2 cm³/mol. The van der Waals surface area contributed by atoms with Gasteiger partial charge in [-0.15, -0.1) is 5.10 Å². The molecule has 1 heterocycles. The molecular formula is C10H19N5S. The first-order chi connectivity index (χ1) is 7.74. The number of tetrazole rings is 1. The van der Waals surface area contributed by atoms with Crippen molar-refractivity contribution in [2.24, 2.45) is 7.05 Å². The van der Waals surface area contributed by atoms with Crippen LogP contribution in [0, 0.1) is 0 Å². The normalized spacial score (nSPS) is 10.4. The highest BCUT2D eigenvalue weighted by Gasteiger charge is 2.02. The van der Waals surface area contributed by atoms with Crippen LogP contribution in [0.3, 0.4) is 0 Å². The molecule has 0 saturated heterocycles. The Hall–Kier alpha value is -1.04. The molecule has 5 nitrogen and oxygen atoms in total. The Labute approximate surface area is 102 Å². The number of nitrogens with one attached hydrogen (secondary N) is 1. The lowest BCUT2D eigenvalue weighted by molar-refractivity contribution is 0.661. The summed E-state index contributed by atoms with van der Waals surface area (Å²) < 4.78 is 1.70. The topological polar surface area (TPSA) is 55.6 Å². The lowest BCUT2D eigenvalue weighted by atomic mass is 10.2. The predicted octanol–water partition coefficient (Wildman–Crippen LogP) is 1.25. The summed E-state index contributed by atoms with van der Waals surface area (Å²) in [5.74, 6) is 0.913. The first kappa shape index (κ1) is 13.0. The quantitative estimate of drug-likeness (QED) is 0.575. The molecule has 1 aromatic heterocycles. The van der Waals surface area contributed by atoms with Crippen LogP contribution >= 0.6 is 12.2 Å². The van der Waals surface area contributed by atoms with Crippen molar-refractivity contribution in [3.05, 3.63) is 5.82 Å². The summed E-state index contributed by atoms with van der Waals surface area (Å²) >= 11 is 5.23. The standard InChI is InChI=1S/C10H19N5S/c1-3-4-8-11-10(16)7-5-6-9-12-13-14-15(9)2/h3-8H2,1-2H3,(H,11,16). The Morgan fingerprint density at radius 3 is 2.88 bits per heavy atom. The molecule has 16 heavy (non-hydrogen) atoms. The first-order valence-electron chi connectivity index (χ1n) is 5.72. The minimum absolute atomic E-state index is 0.874. The molecule has 90 valence electrons. The molecule has 0 radical (unpaired) electrons. The molecule has 0 amide bonds. The summed E-state index contributed by atoms with van der Waals surface area (Å²) in [4.78, 5) is 0.948. The minimum Gasteiger partial charge on any atom is -0.380 e. The first-order valence-corrected chi connectivity index (χ1v) is 6.12. The van der Waals surface area contributed by atoms with Gasteiger partial charge in [0.2, 0.25) is 0 Å². The maximum Gasteiger partial charge on any atom is 0.150 e. The molecule has 1 rings (SSSR count). The smallest absolute Gasteiger partial charge is 0.150 e. The van der Waals surface area contributed by atoms with Crippen molar-refractivity contribution >= 4 is 17.2 Å². The number of hydrogen-bond donors (Lipinski definition) is 1. The molecule has 0 spiro atoms. The number of hydrogen-bond acceptors (Lipinski definition) is 4. The van der Waals surface area contributed by atoms with E-state index in [2.05, 4.69) is 27.8 Å². The largest absolute Gasteiger partial charge is 0.380 e. The second-order valence-corrected chi connectivity index (χ2v) is 4.27. The summed E-state index contributed by atoms with van der Waals surface area (Å²) in [6.45, 7) is 3.16. The highest BCUT2D eigenvalue weighted by Crippen LogP contribution is 2.00. The van der Waals surface area contributed by atoms with Crippen molar-refractivity contribution in [1.82, 2.24) is 25.5 Å². The average Bonchev–Trinajstić information content (AvgIpc) is 2.65. The van der Waals surface area contributed by atoms with E-state index in [1.807, 2.05) is 7.05 Å². The third kappa shape index (κ3) is 4.65. The van der Waals surface area contributed by atoms with Gasteiger partial charge in [0.1, 0.15) is 0 Å². The lowest BCUT2D eigenvalue weighted by Gasteiger charge is -2.06. The molecule has 0 aliphatic carbocycles. The number of unbranched alkanes of at least 4 members (excludes halogenated alkanes) is 1. The Morgan fingerprint density at radius 2 is 2.25 bits per heavy atom. The molecule has 0 aromatic carbocycles. The van der Waals surface area contributed by atoms with Crippen LogP contribution < -0.4 is 5.32 Å². The van der Waals surface area contributed by atoms with E-state index in [1.54, 1.807) is 4.68 Å². The van der Waals surface area contributed by atoms with Gasteiger partial charge in [-0.05, 0) is 29.7 Å². The van der Waals surface area contributed by atoms with Crippen LogP contribution in [0.5, 0.6) is 0 Å². The zero-order chi connectivity index (χ0) is 11.8. The molecular weight excluding hydrogens is 222 g/mol. The fraction of sp³-hybridized carbons (Fsp3) is 0.800. The summed E-state index contributed by atoms with van der Waals surface area (Å²) in [5, 5.41) is 14.6. The van der Waals surface area contributed by atoms with Gasteiger partial charge < -0.3 is 5.32 Å². The summed E-state index contributed by atoms with van der Waals surface area (Å²) in [7, 11) is 1.85. The number of aromatic nitrogens is 4. The van der Waals surface area contributed by atoms with Gasteiger partial charge in [0.05, 0.1) is 4.99 Å². The van der Waals surface area contributed by atoms with E-state index in [-0.39, 0.29) is 0 Å². The Bertz CT molecular complexity index is 323. The maximum atomic E-state index is 5.23. The van der Waals surface area contributed by atoms with Crippen molar-refractivity contribution in [3.63, 3.8) is 0 Å². The van der Waals surface area contributed by atoms with Gasteiger partial charge >= 0.3 is 0 Å². The van der Waals surface area contributed by atoms with Crippen LogP contribution in [0.25, 0.3) is 0 Å². The van der Waals surface area contributed by atoms with E-state index in [0.717, 1.165) is 36.6 Å². The van der Waals surface area contributed by atoms with Crippen LogP contribution in [0.2, 0.25) is 0 Å². The summed E-state index contributed by atoms with van der Waals surface area (Å²) in [6, 6.07) is 0. The second kappa shape index (κ2) is 7.27. The lowest BCUT2D eigenvalue weighted by Crippen LogP contribution is -2.22. The van der Waals surface area contributed by atoms with Crippen LogP contribution in [-0.2, 0) is 13.5 Å². The highest BCUT2D eigenvalue weighted by atomic mass is 32.1. The zero-order valence-corrected chi connectivity index (χ0v) is 10.8. The molecule has 1 aromatic rings. The average molecular weight is 241 g/mol. The fourth-order valence-corrected chi connectivity index (χ4v) is 1.61. The van der Waals surface area contributed by atoms with Gasteiger partial charge in [0.15, 0.2) is 5.82 Å². The monoisotopic (exact) mass is 241 g/mol. The SMILES string of the molecule is CCCCNC(=S)CCCc1nnnn1C. The van der Waals surface area contributed by atoms with Gasteiger partial charge in [0.25, 0.3) is 0 Å². The third-order valence-electron chi connectivity index (χ3n) is 2.36. The van der Waals surface area contributed by atoms with Crippen molar-refractivity contribution in [3.8, 4) is 0 Å². The Morgan fingerprint density at radius 1 is 1.44 bits per heavy atom. The van der Waals surface area contributed by atoms with Crippen LogP contribution in [-0.4, -0.2) is 31.7 Å². The summed E-state index contributed by atoms with van der Waals surface area (Å²) in [5.41, 5.74) is 0. The van der Waals surface area contributed by atoms with Crippen LogP contribution in [0.4, 0.5) is 0 Å². The summed E-state index contributed by atoms with van der Waals surface area (Å²) in [6.07, 6.45) is 5.14. The van der Waals surface area contributed by atoms with E-state index < -0.39 is 0 Å². The molecule has 0 saturated carbocycles. The molecule has 0 aliphatic heterocycles. The van der Waals surface area contributed by atoms with Gasteiger partial charge in [-0.3, -0.25) is 0 Å². The Kier molecular flexibility index (Phi) is 5.92. The maximum absolute atomic E-state index is 5.23. The molecule has 0 unspecified atom stereocenters. The molecule has 0 atom stereocenters. The molecule has 0 bridgehead atoms. The molecule has 6 heteroatoms. The van der Waals surface area contributed by atoms with E-state index in [1.165, 1.54) is 12.8 Å². The van der Waals surface area contributed by atoms with Gasteiger partial charge in [-0.2, -0.15) is 0 Å². The number of nitrogens with zero attached hydrogens (tertiary/aromatic N) is 4. The van der Waals surface area contributed by atoms with Gasteiger partial charge in [0, 0.05) is 20.0 Å². The number of rotatable bonds is 7. The fourth-order valence-electron chi connectivity index (χ4n) is 1.36. The highest BCUT2D eigenvalue weighted by molar-refractivity contribution is 7.80. The van der Waals surface area contributed by atoms with Crippen molar-refractivity contribution in [1.29, 1.82) is 0 Å². The number of thiocarbonyl (C=S) groups is 1. The van der Waals surface area contributed by atoms with Gasteiger partial charge in [-0.25, -0.2) is 4.68 Å². The molecule has 0 aliphatic rings. The third-order valence-corrected chi connectivity index (χ3v) is 2.71. The van der Waals surface area contributed by atoms with Gasteiger partial charge in [-0.1, -0.05) is 25.6 Å². The van der Waals surface area contributed by atoms with Crippen molar-refractivity contribution in [2.75, 3.05) is 6.54 Å². The van der Waals surface area contributed by atoms with E-state index in [0.29, 0.717) is 0 Å². The van der Waals surface area contributed by atoms with E-state index in [4.69, 9.17) is 12.2 Å². The van der Waals surface area contributed by atoms with Crippen LogP contribution in [0.15, 0.2) is 0 Å². The van der Waals surface area contributed by atoms with Crippen molar-refractivity contribution < 1.29 is 0 Å². The Balaban J connectivity index is 2.11. The zero-order valence-electron chi connectivity index (χ0n) is 9.94. The minimum atomic E-state index is 0.874. The van der Waals surface area contributed by atoms with Crippen molar-refractivity contribution in [2.45, 2.75) is 39.0 Å².